The van der Waals surface area contributed by atoms with Gasteiger partial charge >= 0.3 is 0 Å². The predicted molar refractivity (Wildman–Crippen MR) is 63.3 cm³/mol. The highest BCUT2D eigenvalue weighted by Gasteiger charge is 2.25. The van der Waals surface area contributed by atoms with Gasteiger partial charge in [0.1, 0.15) is 11.5 Å². The van der Waals surface area contributed by atoms with Crippen LogP contribution in [0.4, 0.5) is 0 Å². The lowest BCUT2D eigenvalue weighted by Gasteiger charge is -2.30. The molecule has 1 aliphatic carbocycles. The number of hydrogen-bond donors (Lipinski definition) is 2. The van der Waals surface area contributed by atoms with Gasteiger partial charge in [0.15, 0.2) is 0 Å². The molecule has 0 aromatic carbocycles. The highest BCUT2D eigenvalue weighted by Crippen LogP contribution is 2.22. The van der Waals surface area contributed by atoms with Gasteiger partial charge in [0.05, 0.1) is 12.1 Å². The first-order valence-corrected chi connectivity index (χ1v) is 6.17. The third-order valence-corrected chi connectivity index (χ3v) is 3.38. The van der Waals surface area contributed by atoms with Crippen molar-refractivity contribution >= 4 is 0 Å². The van der Waals surface area contributed by atoms with E-state index in [4.69, 9.17) is 4.42 Å². The third kappa shape index (κ3) is 2.66. The minimum absolute atomic E-state index is 0.173. The summed E-state index contributed by atoms with van der Waals surface area (Å²) in [6.45, 7) is 4.03. The SMILES string of the molecule is Cc1ccc(C(C)NC2CCCCC2O)o1. The maximum atomic E-state index is 9.88. The normalized spacial score (nSPS) is 27.9. The van der Waals surface area contributed by atoms with E-state index in [-0.39, 0.29) is 18.2 Å². The number of nitrogens with one attached hydrogen (secondary N) is 1. The number of aliphatic hydroxyl groups excluding tert-OH is 1. The van der Waals surface area contributed by atoms with Crippen LogP contribution in [-0.4, -0.2) is 17.3 Å². The molecule has 1 aliphatic rings. The molecule has 90 valence electrons. The Bertz CT molecular complexity index is 334. The van der Waals surface area contributed by atoms with E-state index in [9.17, 15) is 5.11 Å². The van der Waals surface area contributed by atoms with E-state index >= 15 is 0 Å². The van der Waals surface area contributed by atoms with Crippen LogP contribution < -0.4 is 5.32 Å². The fourth-order valence-electron chi connectivity index (χ4n) is 2.40. The van der Waals surface area contributed by atoms with Gasteiger partial charge in [0, 0.05) is 6.04 Å². The molecule has 0 bridgehead atoms. The van der Waals surface area contributed by atoms with Crippen molar-refractivity contribution in [3.63, 3.8) is 0 Å². The maximum absolute atomic E-state index is 9.88. The van der Waals surface area contributed by atoms with Crippen molar-refractivity contribution in [3.8, 4) is 0 Å². The van der Waals surface area contributed by atoms with Crippen molar-refractivity contribution in [1.29, 1.82) is 0 Å². The predicted octanol–water partition coefficient (Wildman–Crippen LogP) is 2.54. The van der Waals surface area contributed by atoms with Gasteiger partial charge in [-0.3, -0.25) is 0 Å². The Morgan fingerprint density at radius 2 is 2.12 bits per heavy atom. The standard InChI is InChI=1S/C13H21NO2/c1-9-7-8-13(16-9)10(2)14-11-5-3-4-6-12(11)15/h7-8,10-12,14-15H,3-6H2,1-2H3. The van der Waals surface area contributed by atoms with Gasteiger partial charge in [0.25, 0.3) is 0 Å². The minimum Gasteiger partial charge on any atom is -0.465 e. The lowest BCUT2D eigenvalue weighted by Crippen LogP contribution is -2.43. The first kappa shape index (κ1) is 11.7. The Kier molecular flexibility index (Phi) is 3.66. The highest BCUT2D eigenvalue weighted by atomic mass is 16.3. The summed E-state index contributed by atoms with van der Waals surface area (Å²) in [4.78, 5) is 0. The van der Waals surface area contributed by atoms with E-state index in [1.165, 1.54) is 6.42 Å². The van der Waals surface area contributed by atoms with Crippen LogP contribution in [0.3, 0.4) is 0 Å². The summed E-state index contributed by atoms with van der Waals surface area (Å²) in [5.41, 5.74) is 0. The second-order valence-corrected chi connectivity index (χ2v) is 4.80. The molecule has 2 rings (SSSR count). The Labute approximate surface area is 96.8 Å². The van der Waals surface area contributed by atoms with E-state index in [1.807, 2.05) is 19.1 Å². The van der Waals surface area contributed by atoms with Gasteiger partial charge in [-0.2, -0.15) is 0 Å². The molecule has 16 heavy (non-hydrogen) atoms. The van der Waals surface area contributed by atoms with Crippen molar-refractivity contribution in [2.24, 2.45) is 0 Å². The van der Waals surface area contributed by atoms with Gasteiger partial charge < -0.3 is 14.8 Å². The van der Waals surface area contributed by atoms with Gasteiger partial charge in [-0.05, 0) is 38.8 Å². The second-order valence-electron chi connectivity index (χ2n) is 4.80. The molecule has 1 saturated carbocycles. The number of rotatable bonds is 3. The van der Waals surface area contributed by atoms with E-state index in [0.29, 0.717) is 0 Å². The molecule has 3 atom stereocenters. The molecular formula is C13H21NO2. The topological polar surface area (TPSA) is 45.4 Å². The zero-order valence-corrected chi connectivity index (χ0v) is 10.1. The number of hydrogen-bond acceptors (Lipinski definition) is 3. The van der Waals surface area contributed by atoms with Crippen LogP contribution in [0, 0.1) is 6.92 Å². The highest BCUT2D eigenvalue weighted by molar-refractivity contribution is 5.09. The molecule has 1 fully saturated rings. The average Bonchev–Trinajstić information content (AvgIpc) is 2.68. The van der Waals surface area contributed by atoms with Crippen molar-refractivity contribution in [2.45, 2.75) is 57.7 Å². The molecule has 1 heterocycles. The van der Waals surface area contributed by atoms with Crippen LogP contribution in [0.25, 0.3) is 0 Å². The molecule has 3 heteroatoms. The van der Waals surface area contributed by atoms with Crippen molar-refractivity contribution in [1.82, 2.24) is 5.32 Å². The lowest BCUT2D eigenvalue weighted by atomic mass is 9.92. The zero-order valence-electron chi connectivity index (χ0n) is 10.1. The summed E-state index contributed by atoms with van der Waals surface area (Å²) in [7, 11) is 0. The summed E-state index contributed by atoms with van der Waals surface area (Å²) in [6.07, 6.45) is 4.13. The monoisotopic (exact) mass is 223 g/mol. The lowest BCUT2D eigenvalue weighted by molar-refractivity contribution is 0.0844. The van der Waals surface area contributed by atoms with Gasteiger partial charge in [-0.1, -0.05) is 12.8 Å². The summed E-state index contributed by atoms with van der Waals surface area (Å²) in [5, 5.41) is 13.3. The second kappa shape index (κ2) is 5.02. The largest absolute Gasteiger partial charge is 0.465 e. The maximum Gasteiger partial charge on any atom is 0.120 e. The molecular weight excluding hydrogens is 202 g/mol. The van der Waals surface area contributed by atoms with Gasteiger partial charge in [0.2, 0.25) is 0 Å². The summed E-state index contributed by atoms with van der Waals surface area (Å²) >= 11 is 0. The molecule has 1 aromatic heterocycles. The molecule has 1 aromatic rings. The van der Waals surface area contributed by atoms with Crippen molar-refractivity contribution in [3.05, 3.63) is 23.7 Å². The molecule has 3 nitrogen and oxygen atoms in total. The molecule has 0 saturated heterocycles. The van der Waals surface area contributed by atoms with Crippen LogP contribution in [0.2, 0.25) is 0 Å². The summed E-state index contributed by atoms with van der Waals surface area (Å²) in [6, 6.07) is 4.37. The van der Waals surface area contributed by atoms with E-state index in [0.717, 1.165) is 30.8 Å². The van der Waals surface area contributed by atoms with Crippen LogP contribution in [0.5, 0.6) is 0 Å². The van der Waals surface area contributed by atoms with E-state index in [1.54, 1.807) is 0 Å². The molecule has 0 amide bonds. The summed E-state index contributed by atoms with van der Waals surface area (Å²) in [5.74, 6) is 1.89. The molecule has 0 aliphatic heterocycles. The Hall–Kier alpha value is -0.800. The number of aryl methyl sites for hydroxylation is 1. The van der Waals surface area contributed by atoms with E-state index in [2.05, 4.69) is 12.2 Å². The van der Waals surface area contributed by atoms with Crippen molar-refractivity contribution in [2.75, 3.05) is 0 Å². The first-order chi connectivity index (χ1) is 7.66. The van der Waals surface area contributed by atoms with Crippen LogP contribution in [0.1, 0.15) is 50.2 Å². The third-order valence-electron chi connectivity index (χ3n) is 3.38. The average molecular weight is 223 g/mol. The molecule has 0 spiro atoms. The Morgan fingerprint density at radius 3 is 2.75 bits per heavy atom. The number of furan rings is 1. The van der Waals surface area contributed by atoms with Gasteiger partial charge in [-0.15, -0.1) is 0 Å². The molecule has 2 N–H and O–H groups in total. The number of aliphatic hydroxyl groups is 1. The van der Waals surface area contributed by atoms with Crippen LogP contribution in [0.15, 0.2) is 16.5 Å². The molecule has 3 unspecified atom stereocenters. The minimum atomic E-state index is -0.202. The first-order valence-electron chi connectivity index (χ1n) is 6.17. The Morgan fingerprint density at radius 1 is 1.38 bits per heavy atom. The zero-order chi connectivity index (χ0) is 11.5. The quantitative estimate of drug-likeness (QED) is 0.827. The van der Waals surface area contributed by atoms with E-state index < -0.39 is 0 Å². The van der Waals surface area contributed by atoms with Crippen molar-refractivity contribution < 1.29 is 9.52 Å². The van der Waals surface area contributed by atoms with Gasteiger partial charge in [-0.25, -0.2) is 0 Å². The Balaban J connectivity index is 1.93. The smallest absolute Gasteiger partial charge is 0.120 e. The fourth-order valence-corrected chi connectivity index (χ4v) is 2.40. The van der Waals surface area contributed by atoms with Crippen LogP contribution >= 0.6 is 0 Å². The van der Waals surface area contributed by atoms with Crippen LogP contribution in [-0.2, 0) is 0 Å². The summed E-state index contributed by atoms with van der Waals surface area (Å²) < 4.78 is 5.58. The molecule has 0 radical (unpaired) electrons. The fraction of sp³-hybridized carbons (Fsp3) is 0.692.